The van der Waals surface area contributed by atoms with E-state index in [1.165, 1.54) is 16.6 Å². The van der Waals surface area contributed by atoms with Gasteiger partial charge in [-0.15, -0.1) is 0 Å². The molecular formula is C22H26BClN2. The Balaban J connectivity index is 0.000000228. The number of hydrogen-bond donors (Lipinski definition) is 1. The van der Waals surface area contributed by atoms with Crippen molar-refractivity contribution in [2.24, 2.45) is 0 Å². The normalized spacial score (nSPS) is 11.1. The Kier molecular flexibility index (Phi) is 7.74. The van der Waals surface area contributed by atoms with E-state index >= 15 is 0 Å². The molecular weight excluding hydrogens is 339 g/mol. The predicted molar refractivity (Wildman–Crippen MR) is 115 cm³/mol. The largest absolute Gasteiger partial charge is 0.348 e. The molecule has 2 aromatic carbocycles. The van der Waals surface area contributed by atoms with Crippen LogP contribution in [-0.2, 0) is 5.41 Å². The molecule has 0 saturated heterocycles. The summed E-state index contributed by atoms with van der Waals surface area (Å²) in [7, 11) is 0. The van der Waals surface area contributed by atoms with Crippen molar-refractivity contribution in [1.82, 2.24) is 9.97 Å². The smallest absolute Gasteiger partial charge is 0.213 e. The van der Waals surface area contributed by atoms with Crippen LogP contribution in [0.5, 0.6) is 0 Å². The molecule has 0 saturated carbocycles. The molecule has 26 heavy (non-hydrogen) atoms. The first-order valence-electron chi connectivity index (χ1n) is 8.86. The van der Waals surface area contributed by atoms with Gasteiger partial charge >= 0.3 is 0 Å². The van der Waals surface area contributed by atoms with Gasteiger partial charge in [-0.2, -0.15) is 0 Å². The lowest BCUT2D eigenvalue weighted by atomic mass is 9.39. The first-order chi connectivity index (χ1) is 12.5. The highest BCUT2D eigenvalue weighted by molar-refractivity contribution is 6.85. The fraction of sp³-hybridized carbons (Fsp3) is 0.227. The molecule has 3 aromatic rings. The second-order valence-electron chi connectivity index (χ2n) is 7.19. The van der Waals surface area contributed by atoms with Crippen molar-refractivity contribution in [2.45, 2.75) is 32.5 Å². The van der Waals surface area contributed by atoms with Crippen LogP contribution < -0.4 is 10.9 Å². The predicted octanol–water partition coefficient (Wildman–Crippen LogP) is 4.76. The molecule has 0 aliphatic carbocycles. The minimum Gasteiger partial charge on any atom is -0.348 e. The van der Waals surface area contributed by atoms with E-state index in [0.717, 1.165) is 6.32 Å². The van der Waals surface area contributed by atoms with Crippen LogP contribution in [0.4, 0.5) is 0 Å². The molecule has 1 N–H and O–H groups in total. The second kappa shape index (κ2) is 10.0. The Morgan fingerprint density at radius 3 is 1.85 bits per heavy atom. The van der Waals surface area contributed by atoms with E-state index in [-0.39, 0.29) is 5.41 Å². The number of benzene rings is 2. The Labute approximate surface area is 162 Å². The summed E-state index contributed by atoms with van der Waals surface area (Å²) in [5.41, 5.74) is 5.64. The number of aromatic nitrogens is 2. The number of aromatic amines is 1. The molecule has 0 unspecified atom stereocenters. The molecule has 2 nitrogen and oxygen atoms in total. The number of nitrogens with one attached hydrogen (secondary N) is 1. The molecule has 134 valence electrons. The second-order valence-corrected chi connectivity index (χ2v) is 7.44. The van der Waals surface area contributed by atoms with Crippen LogP contribution in [0.15, 0.2) is 84.8 Å². The van der Waals surface area contributed by atoms with Gasteiger partial charge in [0.15, 0.2) is 0 Å². The SMILES string of the molecule is CC(C)(C)c1cnc[nH]1.ClC=CCB(c1ccccc1)c1ccccc1. The molecule has 0 amide bonds. The molecule has 0 aliphatic rings. The Hall–Kier alpha value is -2.26. The molecule has 0 radical (unpaired) electrons. The summed E-state index contributed by atoms with van der Waals surface area (Å²) in [6.07, 6.45) is 6.50. The van der Waals surface area contributed by atoms with Crippen LogP contribution >= 0.6 is 11.6 Å². The molecule has 0 bridgehead atoms. The van der Waals surface area contributed by atoms with Crippen LogP contribution in [0.3, 0.4) is 0 Å². The standard InChI is InChI=1S/C15H14BCl.C7H12N2/c17-13-7-12-16(14-8-3-1-4-9-14)15-10-5-2-6-11-15;1-7(2,3)6-4-8-5-9-6/h1-11,13H,12H2;4-5H,1-3H3,(H,8,9). The van der Waals surface area contributed by atoms with Crippen molar-refractivity contribution in [2.75, 3.05) is 0 Å². The number of allylic oxidation sites excluding steroid dienone is 1. The summed E-state index contributed by atoms with van der Waals surface area (Å²) >= 11 is 5.64. The zero-order valence-corrected chi connectivity index (χ0v) is 16.4. The summed E-state index contributed by atoms with van der Waals surface area (Å²) in [6, 6.07) is 21.1. The van der Waals surface area contributed by atoms with Crippen LogP contribution in [0.1, 0.15) is 26.5 Å². The fourth-order valence-corrected chi connectivity index (χ4v) is 2.79. The first kappa shape index (κ1) is 20.1. The zero-order chi connectivity index (χ0) is 18.8. The highest BCUT2D eigenvalue weighted by Gasteiger charge is 2.16. The summed E-state index contributed by atoms with van der Waals surface area (Å²) in [5.74, 6) is 0. The molecule has 3 rings (SSSR count). The third kappa shape index (κ3) is 6.23. The van der Waals surface area contributed by atoms with Crippen LogP contribution in [-0.4, -0.2) is 16.7 Å². The highest BCUT2D eigenvalue weighted by Crippen LogP contribution is 2.17. The Bertz CT molecular complexity index is 723. The Morgan fingerprint density at radius 2 is 1.50 bits per heavy atom. The van der Waals surface area contributed by atoms with Gasteiger partial charge in [0, 0.05) is 17.3 Å². The van der Waals surface area contributed by atoms with E-state index in [2.05, 4.69) is 79.3 Å². The van der Waals surface area contributed by atoms with E-state index in [1.54, 1.807) is 11.9 Å². The van der Waals surface area contributed by atoms with E-state index < -0.39 is 0 Å². The van der Waals surface area contributed by atoms with Gasteiger partial charge in [0.2, 0.25) is 6.71 Å². The number of imidazole rings is 1. The molecule has 0 fully saturated rings. The molecule has 4 heteroatoms. The van der Waals surface area contributed by atoms with E-state index in [0.29, 0.717) is 6.71 Å². The zero-order valence-electron chi connectivity index (χ0n) is 15.7. The topological polar surface area (TPSA) is 28.7 Å². The third-order valence-corrected chi connectivity index (χ3v) is 4.35. The van der Waals surface area contributed by atoms with Crippen molar-refractivity contribution < 1.29 is 0 Å². The maximum Gasteiger partial charge on any atom is 0.213 e. The van der Waals surface area contributed by atoms with Gasteiger partial charge in [0.1, 0.15) is 0 Å². The van der Waals surface area contributed by atoms with Gasteiger partial charge in [0.25, 0.3) is 0 Å². The molecule has 1 heterocycles. The first-order valence-corrected chi connectivity index (χ1v) is 9.30. The fourth-order valence-electron chi connectivity index (χ4n) is 2.69. The summed E-state index contributed by atoms with van der Waals surface area (Å²) in [6.45, 7) is 6.84. The summed E-state index contributed by atoms with van der Waals surface area (Å²) in [4.78, 5) is 7.00. The maximum atomic E-state index is 5.64. The molecule has 0 spiro atoms. The highest BCUT2D eigenvalue weighted by atomic mass is 35.5. The number of halogens is 1. The molecule has 0 atom stereocenters. The average molecular weight is 365 g/mol. The van der Waals surface area contributed by atoms with E-state index in [4.69, 9.17) is 11.6 Å². The summed E-state index contributed by atoms with van der Waals surface area (Å²) in [5, 5.41) is 0. The number of hydrogen-bond acceptors (Lipinski definition) is 1. The van der Waals surface area contributed by atoms with Crippen LogP contribution in [0.2, 0.25) is 6.32 Å². The quantitative estimate of drug-likeness (QED) is 0.665. The van der Waals surface area contributed by atoms with Gasteiger partial charge in [-0.25, -0.2) is 4.98 Å². The van der Waals surface area contributed by atoms with Gasteiger partial charge < -0.3 is 4.98 Å². The lowest BCUT2D eigenvalue weighted by molar-refractivity contribution is 0.572. The average Bonchev–Trinajstić information content (AvgIpc) is 3.20. The number of nitrogens with zero attached hydrogens (tertiary/aromatic N) is 1. The number of H-pyrrole nitrogens is 1. The molecule has 0 aliphatic heterocycles. The van der Waals surface area contributed by atoms with Gasteiger partial charge in [-0.1, -0.05) is 110 Å². The molecule has 1 aromatic heterocycles. The third-order valence-electron chi connectivity index (χ3n) is 4.17. The minimum atomic E-state index is 0.205. The minimum absolute atomic E-state index is 0.205. The van der Waals surface area contributed by atoms with Crippen molar-refractivity contribution in [3.05, 3.63) is 90.5 Å². The van der Waals surface area contributed by atoms with Gasteiger partial charge in [-0.05, 0) is 11.9 Å². The summed E-state index contributed by atoms with van der Waals surface area (Å²) < 4.78 is 0. The van der Waals surface area contributed by atoms with Crippen molar-refractivity contribution in [1.29, 1.82) is 0 Å². The van der Waals surface area contributed by atoms with E-state index in [1.807, 2.05) is 24.4 Å². The van der Waals surface area contributed by atoms with Crippen molar-refractivity contribution in [3.63, 3.8) is 0 Å². The maximum absolute atomic E-state index is 5.64. The van der Waals surface area contributed by atoms with Crippen LogP contribution in [0, 0.1) is 0 Å². The van der Waals surface area contributed by atoms with Crippen molar-refractivity contribution in [3.8, 4) is 0 Å². The Morgan fingerprint density at radius 1 is 0.962 bits per heavy atom. The van der Waals surface area contributed by atoms with Gasteiger partial charge in [0.05, 0.1) is 6.33 Å². The lowest BCUT2D eigenvalue weighted by Gasteiger charge is -2.14. The lowest BCUT2D eigenvalue weighted by Crippen LogP contribution is -2.41. The van der Waals surface area contributed by atoms with Gasteiger partial charge in [-0.3, -0.25) is 0 Å². The number of rotatable bonds is 4. The van der Waals surface area contributed by atoms with Crippen LogP contribution in [0.25, 0.3) is 0 Å². The van der Waals surface area contributed by atoms with Crippen molar-refractivity contribution >= 4 is 29.2 Å². The van der Waals surface area contributed by atoms with E-state index in [9.17, 15) is 0 Å². The monoisotopic (exact) mass is 364 g/mol.